The van der Waals surface area contributed by atoms with E-state index in [0.717, 1.165) is 34.8 Å². The van der Waals surface area contributed by atoms with Crippen molar-refractivity contribution in [2.24, 2.45) is 5.92 Å². The van der Waals surface area contributed by atoms with Gasteiger partial charge in [0, 0.05) is 46.1 Å². The molecule has 0 aliphatic carbocycles. The lowest BCUT2D eigenvalue weighted by atomic mass is 9.89. The van der Waals surface area contributed by atoms with Crippen molar-refractivity contribution < 1.29 is 28.5 Å². The van der Waals surface area contributed by atoms with Gasteiger partial charge in [-0.15, -0.1) is 0 Å². The van der Waals surface area contributed by atoms with Crippen molar-refractivity contribution in [3.63, 3.8) is 0 Å². The summed E-state index contributed by atoms with van der Waals surface area (Å²) in [6, 6.07) is 10.6. The molecule has 2 atom stereocenters. The van der Waals surface area contributed by atoms with Gasteiger partial charge < -0.3 is 28.4 Å². The van der Waals surface area contributed by atoms with E-state index >= 15 is 0 Å². The molecule has 0 spiro atoms. The summed E-state index contributed by atoms with van der Waals surface area (Å²) in [6.45, 7) is 16.3. The van der Waals surface area contributed by atoms with Crippen LogP contribution >= 0.6 is 0 Å². The first-order valence-corrected chi connectivity index (χ1v) is 17.8. The molecule has 2 aromatic heterocycles. The highest BCUT2D eigenvalue weighted by molar-refractivity contribution is 6.76. The Morgan fingerprint density at radius 2 is 1.78 bits per heavy atom. The maximum Gasteiger partial charge on any atom is 0.410 e. The van der Waals surface area contributed by atoms with Gasteiger partial charge in [0.25, 0.3) is 0 Å². The van der Waals surface area contributed by atoms with Crippen LogP contribution in [0.2, 0.25) is 25.7 Å². The van der Waals surface area contributed by atoms with Crippen molar-refractivity contribution in [2.45, 2.75) is 71.6 Å². The van der Waals surface area contributed by atoms with Crippen LogP contribution in [0.15, 0.2) is 42.7 Å². The lowest BCUT2D eigenvalue weighted by Gasteiger charge is -2.24. The van der Waals surface area contributed by atoms with Gasteiger partial charge in [0.05, 0.1) is 18.4 Å². The number of nitrogens with zero attached hydrogens (tertiary/aromatic N) is 3. The van der Waals surface area contributed by atoms with Crippen molar-refractivity contribution in [2.75, 3.05) is 26.8 Å². The van der Waals surface area contributed by atoms with E-state index in [2.05, 4.69) is 24.6 Å². The predicted molar refractivity (Wildman–Crippen MR) is 161 cm³/mol. The summed E-state index contributed by atoms with van der Waals surface area (Å²) in [5.41, 5.74) is 2.19. The van der Waals surface area contributed by atoms with E-state index in [1.807, 2.05) is 68.8 Å². The molecule has 1 saturated heterocycles. The van der Waals surface area contributed by atoms with Crippen LogP contribution in [0.4, 0.5) is 4.79 Å². The Morgan fingerprint density at radius 1 is 1.07 bits per heavy atom. The van der Waals surface area contributed by atoms with Gasteiger partial charge in [0.2, 0.25) is 0 Å². The fraction of sp³-hybridized carbons (Fsp3) is 0.516. The summed E-state index contributed by atoms with van der Waals surface area (Å²) in [7, 11) is 0.218. The summed E-state index contributed by atoms with van der Waals surface area (Å²) < 4.78 is 24.9. The number of hydrogen-bond acceptors (Lipinski definition) is 7. The molecule has 0 N–H and O–H groups in total. The fourth-order valence-electron chi connectivity index (χ4n) is 5.02. The van der Waals surface area contributed by atoms with E-state index in [9.17, 15) is 9.59 Å². The number of ether oxygens (including phenoxy) is 4. The minimum Gasteiger partial charge on any atom is -0.469 e. The summed E-state index contributed by atoms with van der Waals surface area (Å²) in [5, 5.41) is 0.944. The van der Waals surface area contributed by atoms with E-state index in [4.69, 9.17) is 18.9 Å². The molecule has 0 radical (unpaired) electrons. The lowest BCUT2D eigenvalue weighted by molar-refractivity contribution is -0.145. The average Bonchev–Trinajstić information content (AvgIpc) is 3.48. The van der Waals surface area contributed by atoms with E-state index < -0.39 is 25.7 Å². The zero-order valence-electron chi connectivity index (χ0n) is 25.5. The lowest BCUT2D eigenvalue weighted by Crippen LogP contribution is -2.36. The number of rotatable bonds is 9. The standard InChI is InChI=1S/C31H43N3O6Si/c1-21-17-34(20-38-15-16-41(6,7)8)28-27(21)26(13-14-32-28)39-23-11-9-22(10-12-23)24-18-33(19-25(24)29(35)37-5)30(36)40-31(2,3)4/h9-14,17,24-25H,15-16,18-20H2,1-8H3. The topological polar surface area (TPSA) is 92.1 Å². The fourth-order valence-corrected chi connectivity index (χ4v) is 5.78. The minimum atomic E-state index is -1.15. The van der Waals surface area contributed by atoms with Gasteiger partial charge in [-0.1, -0.05) is 31.8 Å². The van der Waals surface area contributed by atoms with Gasteiger partial charge in [-0.3, -0.25) is 4.79 Å². The molecule has 1 aliphatic rings. The summed E-state index contributed by atoms with van der Waals surface area (Å²) in [4.78, 5) is 31.5. The van der Waals surface area contributed by atoms with Crippen LogP contribution in [-0.2, 0) is 25.7 Å². The Hall–Kier alpha value is -3.37. The number of methoxy groups -OCH3 is 1. The summed E-state index contributed by atoms with van der Waals surface area (Å²) in [5.74, 6) is 0.343. The molecule has 1 aliphatic heterocycles. The third-order valence-electron chi connectivity index (χ3n) is 7.15. The van der Waals surface area contributed by atoms with Gasteiger partial charge >= 0.3 is 12.1 Å². The third-order valence-corrected chi connectivity index (χ3v) is 8.85. The van der Waals surface area contributed by atoms with E-state index in [1.54, 1.807) is 11.1 Å². The number of amides is 1. The SMILES string of the molecule is COC(=O)C1CN(C(=O)OC(C)(C)C)CC1c1ccc(Oc2ccnc3c2c(C)cn3COCC[Si](C)(C)C)cc1. The Kier molecular flexibility index (Phi) is 9.13. The Morgan fingerprint density at radius 3 is 2.41 bits per heavy atom. The molecule has 1 fully saturated rings. The number of benzene rings is 1. The highest BCUT2D eigenvalue weighted by Gasteiger charge is 2.42. The molecule has 0 bridgehead atoms. The highest BCUT2D eigenvalue weighted by atomic mass is 28.3. The molecule has 9 nitrogen and oxygen atoms in total. The van der Waals surface area contributed by atoms with Crippen molar-refractivity contribution in [3.05, 3.63) is 53.9 Å². The summed E-state index contributed by atoms with van der Waals surface area (Å²) >= 11 is 0. The van der Waals surface area contributed by atoms with Crippen molar-refractivity contribution in [1.29, 1.82) is 0 Å². The smallest absolute Gasteiger partial charge is 0.410 e. The molecular weight excluding hydrogens is 538 g/mol. The Balaban J connectivity index is 1.49. The molecule has 0 saturated carbocycles. The number of likely N-dealkylation sites (tertiary alicyclic amines) is 1. The molecule has 2 unspecified atom stereocenters. The molecule has 4 rings (SSSR count). The molecule has 222 valence electrons. The maximum absolute atomic E-state index is 12.7. The zero-order valence-corrected chi connectivity index (χ0v) is 26.5. The monoisotopic (exact) mass is 581 g/mol. The zero-order chi connectivity index (χ0) is 29.9. The van der Waals surface area contributed by atoms with Gasteiger partial charge in [-0.25, -0.2) is 9.78 Å². The van der Waals surface area contributed by atoms with Gasteiger partial charge in [-0.05, 0) is 63.1 Å². The first kappa shape index (κ1) is 30.6. The van der Waals surface area contributed by atoms with Crippen LogP contribution in [0.3, 0.4) is 0 Å². The van der Waals surface area contributed by atoms with Crippen LogP contribution in [0.25, 0.3) is 11.0 Å². The highest BCUT2D eigenvalue weighted by Crippen LogP contribution is 2.37. The molecule has 41 heavy (non-hydrogen) atoms. The Labute approximate surface area is 243 Å². The first-order valence-electron chi connectivity index (χ1n) is 14.1. The minimum absolute atomic E-state index is 0.214. The van der Waals surface area contributed by atoms with Crippen LogP contribution in [0.1, 0.15) is 37.8 Å². The van der Waals surface area contributed by atoms with Gasteiger partial charge in [0.1, 0.15) is 29.5 Å². The molecular formula is C31H43N3O6Si. The molecule has 1 amide bonds. The van der Waals surface area contributed by atoms with Crippen LogP contribution in [0, 0.1) is 12.8 Å². The number of aryl methyl sites for hydroxylation is 1. The second-order valence-corrected chi connectivity index (χ2v) is 18.6. The predicted octanol–water partition coefficient (Wildman–Crippen LogP) is 6.57. The number of aromatic nitrogens is 2. The first-order chi connectivity index (χ1) is 19.3. The second-order valence-electron chi connectivity index (χ2n) is 12.9. The summed E-state index contributed by atoms with van der Waals surface area (Å²) in [6.07, 6.45) is 3.36. The normalized spacial score (nSPS) is 17.6. The number of fused-ring (bicyclic) bond motifs is 1. The third kappa shape index (κ3) is 7.68. The van der Waals surface area contributed by atoms with E-state index in [-0.39, 0.29) is 18.4 Å². The van der Waals surface area contributed by atoms with Gasteiger partial charge in [-0.2, -0.15) is 0 Å². The largest absolute Gasteiger partial charge is 0.469 e. The number of hydrogen-bond donors (Lipinski definition) is 0. The van der Waals surface area contributed by atoms with Crippen LogP contribution < -0.4 is 4.74 Å². The van der Waals surface area contributed by atoms with E-state index in [0.29, 0.717) is 24.8 Å². The molecule has 1 aromatic carbocycles. The van der Waals surface area contributed by atoms with Crippen LogP contribution in [-0.4, -0.2) is 67.0 Å². The second kappa shape index (κ2) is 12.2. The quantitative estimate of drug-likeness (QED) is 0.160. The van der Waals surface area contributed by atoms with Crippen molar-refractivity contribution in [3.8, 4) is 11.5 Å². The van der Waals surface area contributed by atoms with Crippen LogP contribution in [0.5, 0.6) is 11.5 Å². The number of carbonyl (C=O) groups is 2. The number of pyridine rings is 1. The number of esters is 1. The van der Waals surface area contributed by atoms with Crippen molar-refractivity contribution in [1.82, 2.24) is 14.5 Å². The van der Waals surface area contributed by atoms with E-state index in [1.165, 1.54) is 7.11 Å². The van der Waals surface area contributed by atoms with Crippen molar-refractivity contribution >= 4 is 31.2 Å². The Bertz CT molecular complexity index is 1370. The number of carbonyl (C=O) groups excluding carboxylic acids is 2. The molecule has 3 aromatic rings. The average molecular weight is 582 g/mol. The molecule has 3 heterocycles. The maximum atomic E-state index is 12.7. The van der Waals surface area contributed by atoms with Gasteiger partial charge in [0.15, 0.2) is 0 Å². The molecule has 10 heteroatoms.